The molecule has 0 fully saturated rings. The average Bonchev–Trinajstić information content (AvgIpc) is 2.17. The van der Waals surface area contributed by atoms with Crippen molar-refractivity contribution in [3.05, 3.63) is 29.3 Å². The van der Waals surface area contributed by atoms with E-state index in [0.29, 0.717) is 12.1 Å². The lowest BCUT2D eigenvalue weighted by Crippen LogP contribution is -2.19. The number of rotatable bonds is 1. The molecule has 1 aliphatic rings. The SMILES string of the molecule is Nc1cccc2c1C(C(=O)O)CCC2. The normalized spacial score (nSPS) is 20.1. The molecule has 0 aromatic heterocycles. The molecule has 0 bridgehead atoms. The van der Waals surface area contributed by atoms with Crippen LogP contribution >= 0.6 is 0 Å². The Balaban J connectivity index is 2.52. The minimum absolute atomic E-state index is 0.403. The predicted molar refractivity (Wildman–Crippen MR) is 54.2 cm³/mol. The van der Waals surface area contributed by atoms with E-state index in [2.05, 4.69) is 0 Å². The molecule has 1 aromatic carbocycles. The third-order valence-electron chi connectivity index (χ3n) is 2.82. The standard InChI is InChI=1S/C11H13NO2/c12-9-6-2-4-7-3-1-5-8(10(7)9)11(13)14/h2,4,6,8H,1,3,5,12H2,(H,13,14). The van der Waals surface area contributed by atoms with Crippen molar-refractivity contribution in [2.24, 2.45) is 0 Å². The summed E-state index contributed by atoms with van der Waals surface area (Å²) in [6.07, 6.45) is 2.59. The maximum absolute atomic E-state index is 11.0. The van der Waals surface area contributed by atoms with Crippen molar-refractivity contribution in [1.82, 2.24) is 0 Å². The third kappa shape index (κ3) is 1.35. The maximum atomic E-state index is 11.0. The number of carbonyl (C=O) groups is 1. The number of carboxylic acid groups (broad SMARTS) is 1. The maximum Gasteiger partial charge on any atom is 0.311 e. The van der Waals surface area contributed by atoms with E-state index in [1.54, 1.807) is 6.07 Å². The number of hydrogen-bond donors (Lipinski definition) is 2. The van der Waals surface area contributed by atoms with E-state index in [0.717, 1.165) is 24.0 Å². The second-order valence-corrected chi connectivity index (χ2v) is 3.70. The van der Waals surface area contributed by atoms with Gasteiger partial charge in [-0.2, -0.15) is 0 Å². The molecule has 0 spiro atoms. The van der Waals surface area contributed by atoms with Crippen LogP contribution in [-0.4, -0.2) is 11.1 Å². The van der Waals surface area contributed by atoms with Crippen LogP contribution in [0.15, 0.2) is 18.2 Å². The number of nitrogens with two attached hydrogens (primary N) is 1. The first-order valence-corrected chi connectivity index (χ1v) is 4.80. The number of carboxylic acids is 1. The zero-order valence-electron chi connectivity index (χ0n) is 7.86. The van der Waals surface area contributed by atoms with Gasteiger partial charge in [-0.15, -0.1) is 0 Å². The van der Waals surface area contributed by atoms with E-state index in [1.165, 1.54) is 0 Å². The summed E-state index contributed by atoms with van der Waals surface area (Å²) in [5.41, 5.74) is 8.37. The minimum atomic E-state index is -0.760. The second kappa shape index (κ2) is 3.33. The fourth-order valence-corrected chi connectivity index (χ4v) is 2.16. The Morgan fingerprint density at radius 2 is 2.29 bits per heavy atom. The molecule has 0 heterocycles. The number of nitrogen functional groups attached to an aromatic ring is 1. The molecule has 3 heteroatoms. The van der Waals surface area contributed by atoms with Crippen LogP contribution in [0.4, 0.5) is 5.69 Å². The van der Waals surface area contributed by atoms with Gasteiger partial charge in [0, 0.05) is 5.69 Å². The molecule has 0 saturated carbocycles. The van der Waals surface area contributed by atoms with Gasteiger partial charge < -0.3 is 10.8 Å². The van der Waals surface area contributed by atoms with Crippen LogP contribution in [0.25, 0.3) is 0 Å². The summed E-state index contributed by atoms with van der Waals surface area (Å²) in [6, 6.07) is 5.64. The fraction of sp³-hybridized carbons (Fsp3) is 0.364. The van der Waals surface area contributed by atoms with E-state index in [-0.39, 0.29) is 0 Å². The zero-order valence-corrected chi connectivity index (χ0v) is 7.86. The summed E-state index contributed by atoms with van der Waals surface area (Å²) in [6.45, 7) is 0. The molecule has 14 heavy (non-hydrogen) atoms. The summed E-state index contributed by atoms with van der Waals surface area (Å²) >= 11 is 0. The highest BCUT2D eigenvalue weighted by molar-refractivity contribution is 5.79. The molecule has 3 nitrogen and oxygen atoms in total. The molecule has 2 rings (SSSR count). The molecule has 1 aliphatic carbocycles. The number of aliphatic carboxylic acids is 1. The molecular weight excluding hydrogens is 178 g/mol. The highest BCUT2D eigenvalue weighted by Crippen LogP contribution is 2.35. The van der Waals surface area contributed by atoms with Crippen molar-refractivity contribution in [3.63, 3.8) is 0 Å². The monoisotopic (exact) mass is 191 g/mol. The van der Waals surface area contributed by atoms with Crippen LogP contribution in [0.3, 0.4) is 0 Å². The Morgan fingerprint density at radius 3 is 3.00 bits per heavy atom. The van der Waals surface area contributed by atoms with Crippen LogP contribution < -0.4 is 5.73 Å². The molecule has 1 atom stereocenters. The van der Waals surface area contributed by atoms with Crippen molar-refractivity contribution in [3.8, 4) is 0 Å². The van der Waals surface area contributed by atoms with E-state index < -0.39 is 11.9 Å². The van der Waals surface area contributed by atoms with Gasteiger partial charge in [0.15, 0.2) is 0 Å². The Labute approximate surface area is 82.5 Å². The minimum Gasteiger partial charge on any atom is -0.481 e. The zero-order chi connectivity index (χ0) is 10.1. The largest absolute Gasteiger partial charge is 0.481 e. The Kier molecular flexibility index (Phi) is 2.15. The molecule has 3 N–H and O–H groups in total. The van der Waals surface area contributed by atoms with Gasteiger partial charge in [0.25, 0.3) is 0 Å². The lowest BCUT2D eigenvalue weighted by atomic mass is 9.82. The quantitative estimate of drug-likeness (QED) is 0.665. The first kappa shape index (κ1) is 9.06. The average molecular weight is 191 g/mol. The lowest BCUT2D eigenvalue weighted by Gasteiger charge is -2.23. The van der Waals surface area contributed by atoms with Gasteiger partial charge in [-0.3, -0.25) is 4.79 Å². The van der Waals surface area contributed by atoms with Gasteiger partial charge in [0.2, 0.25) is 0 Å². The summed E-state index contributed by atoms with van der Waals surface area (Å²) in [5.74, 6) is -1.16. The van der Waals surface area contributed by atoms with Gasteiger partial charge in [0.05, 0.1) is 5.92 Å². The number of hydrogen-bond acceptors (Lipinski definition) is 2. The van der Waals surface area contributed by atoms with Gasteiger partial charge in [-0.25, -0.2) is 0 Å². The van der Waals surface area contributed by atoms with Crippen molar-refractivity contribution < 1.29 is 9.90 Å². The highest BCUT2D eigenvalue weighted by Gasteiger charge is 2.27. The lowest BCUT2D eigenvalue weighted by molar-refractivity contribution is -0.139. The fourth-order valence-electron chi connectivity index (χ4n) is 2.16. The second-order valence-electron chi connectivity index (χ2n) is 3.70. The molecule has 0 radical (unpaired) electrons. The number of fused-ring (bicyclic) bond motifs is 1. The molecule has 1 aromatic rings. The molecule has 74 valence electrons. The van der Waals surface area contributed by atoms with Crippen molar-refractivity contribution in [1.29, 1.82) is 0 Å². The van der Waals surface area contributed by atoms with Gasteiger partial charge in [-0.1, -0.05) is 12.1 Å². The third-order valence-corrected chi connectivity index (χ3v) is 2.82. The molecule has 1 unspecified atom stereocenters. The van der Waals surface area contributed by atoms with E-state index in [4.69, 9.17) is 10.8 Å². The van der Waals surface area contributed by atoms with Crippen LogP contribution in [0.1, 0.15) is 29.9 Å². The molecule has 0 aliphatic heterocycles. The van der Waals surface area contributed by atoms with E-state index in [1.807, 2.05) is 12.1 Å². The Hall–Kier alpha value is -1.51. The van der Waals surface area contributed by atoms with Gasteiger partial charge >= 0.3 is 5.97 Å². The molecular formula is C11H13NO2. The Bertz CT molecular complexity index is 374. The smallest absolute Gasteiger partial charge is 0.311 e. The van der Waals surface area contributed by atoms with E-state index >= 15 is 0 Å². The van der Waals surface area contributed by atoms with Crippen molar-refractivity contribution in [2.75, 3.05) is 5.73 Å². The number of anilines is 1. The van der Waals surface area contributed by atoms with Gasteiger partial charge in [-0.05, 0) is 36.5 Å². The number of aryl methyl sites for hydroxylation is 1. The number of benzene rings is 1. The first-order valence-electron chi connectivity index (χ1n) is 4.80. The first-order chi connectivity index (χ1) is 6.70. The van der Waals surface area contributed by atoms with Crippen LogP contribution in [0.5, 0.6) is 0 Å². The van der Waals surface area contributed by atoms with Crippen LogP contribution in [-0.2, 0) is 11.2 Å². The van der Waals surface area contributed by atoms with Gasteiger partial charge in [0.1, 0.15) is 0 Å². The molecule has 0 saturated heterocycles. The van der Waals surface area contributed by atoms with Crippen molar-refractivity contribution >= 4 is 11.7 Å². The van der Waals surface area contributed by atoms with E-state index in [9.17, 15) is 4.79 Å². The summed E-state index contributed by atoms with van der Waals surface area (Å²) < 4.78 is 0. The topological polar surface area (TPSA) is 63.3 Å². The Morgan fingerprint density at radius 1 is 1.50 bits per heavy atom. The summed E-state index contributed by atoms with van der Waals surface area (Å²) in [7, 11) is 0. The summed E-state index contributed by atoms with van der Waals surface area (Å²) in [4.78, 5) is 11.0. The van der Waals surface area contributed by atoms with Crippen LogP contribution in [0.2, 0.25) is 0 Å². The molecule has 0 amide bonds. The van der Waals surface area contributed by atoms with Crippen molar-refractivity contribution in [2.45, 2.75) is 25.2 Å². The summed E-state index contributed by atoms with van der Waals surface area (Å²) in [5, 5.41) is 9.05. The highest BCUT2D eigenvalue weighted by atomic mass is 16.4. The van der Waals surface area contributed by atoms with Crippen LogP contribution in [0, 0.1) is 0 Å². The predicted octanol–water partition coefficient (Wildman–Crippen LogP) is 1.77.